The Morgan fingerprint density at radius 2 is 0.459 bits per heavy atom. The first-order valence-electron chi connectivity index (χ1n) is 56.6. The number of aromatic hydroxyl groups is 2. The van der Waals surface area contributed by atoms with Gasteiger partial charge in [-0.15, -0.1) is 26.3 Å². The quantitative estimate of drug-likeness (QED) is 0.0491. The number of amides is 4. The molecule has 20 heteroatoms. The van der Waals surface area contributed by atoms with Gasteiger partial charge in [-0.25, -0.2) is 0 Å². The molecule has 0 radical (unpaired) electrons. The Morgan fingerprint density at radius 1 is 0.267 bits per heavy atom. The number of hydrogen-bond acceptors (Lipinski definition) is 16. The van der Waals surface area contributed by atoms with E-state index in [9.17, 15) is 29.4 Å². The van der Waals surface area contributed by atoms with Crippen molar-refractivity contribution in [2.24, 2.45) is 21.7 Å². The van der Waals surface area contributed by atoms with Gasteiger partial charge in [0.15, 0.2) is 0 Å². The minimum atomic E-state index is 0.0998. The van der Waals surface area contributed by atoms with Crippen LogP contribution in [0.15, 0.2) is 245 Å². The number of hydrogen-bond donors (Lipinski definition) is 2. The fourth-order valence-electron chi connectivity index (χ4n) is 36.4. The summed E-state index contributed by atoms with van der Waals surface area (Å²) in [7, 11) is 3.50. The van der Waals surface area contributed by atoms with Crippen molar-refractivity contribution in [1.29, 1.82) is 0 Å². The predicted molar refractivity (Wildman–Crippen MR) is 574 cm³/mol. The molecule has 8 aromatic rings. The van der Waals surface area contributed by atoms with Gasteiger partial charge in [-0.05, 0) is 309 Å². The smallest absolute Gasteiger partial charge is 0.253 e. The third-order valence-corrected chi connectivity index (χ3v) is 41.2. The predicted octanol–water partition coefficient (Wildman–Crippen LogP) is 20.5. The highest BCUT2D eigenvalue weighted by Crippen LogP contribution is 2.77. The van der Waals surface area contributed by atoms with Crippen molar-refractivity contribution in [3.05, 3.63) is 312 Å². The van der Waals surface area contributed by atoms with E-state index in [1.807, 2.05) is 75.4 Å². The van der Waals surface area contributed by atoms with Crippen LogP contribution in [-0.4, -0.2) is 282 Å². The summed E-state index contributed by atoms with van der Waals surface area (Å²) in [4.78, 5) is 82.7. The lowest BCUT2D eigenvalue weighted by Gasteiger charge is -2.72. The maximum absolute atomic E-state index is 13.3. The highest BCUT2D eigenvalue weighted by Gasteiger charge is 2.84. The van der Waals surface area contributed by atoms with Crippen LogP contribution in [0.3, 0.4) is 0 Å². The maximum atomic E-state index is 13.3. The van der Waals surface area contributed by atoms with E-state index < -0.39 is 0 Å². The van der Waals surface area contributed by atoms with Crippen LogP contribution in [0.5, 0.6) is 23.0 Å². The van der Waals surface area contributed by atoms with Gasteiger partial charge in [-0.3, -0.25) is 58.4 Å². The number of nitrogens with zero attached hydrogens (tertiary/aromatic N) is 12. The normalized spacial score (nSPS) is 33.5. The molecule has 20 aliphatic rings. The van der Waals surface area contributed by atoms with Gasteiger partial charge in [0.1, 0.15) is 23.0 Å². The van der Waals surface area contributed by atoms with E-state index in [1.54, 1.807) is 26.4 Å². The van der Waals surface area contributed by atoms with Crippen molar-refractivity contribution in [2.45, 2.75) is 301 Å². The van der Waals surface area contributed by atoms with Crippen LogP contribution >= 0.6 is 0 Å². The average molecular weight is 1960 g/mol. The molecule has 8 saturated carbocycles. The first-order valence-corrected chi connectivity index (χ1v) is 56.6. The molecule has 12 aliphatic heterocycles. The maximum Gasteiger partial charge on any atom is 0.253 e. The van der Waals surface area contributed by atoms with Crippen LogP contribution in [0.2, 0.25) is 0 Å². The Morgan fingerprint density at radius 3 is 0.664 bits per heavy atom. The first kappa shape index (κ1) is 96.3. The van der Waals surface area contributed by atoms with Crippen LogP contribution in [0.1, 0.15) is 290 Å². The second kappa shape index (κ2) is 39.1. The van der Waals surface area contributed by atoms with Gasteiger partial charge in [0.25, 0.3) is 23.6 Å². The molecule has 4 amide bonds. The van der Waals surface area contributed by atoms with Crippen molar-refractivity contribution in [1.82, 2.24) is 58.8 Å². The summed E-state index contributed by atoms with van der Waals surface area (Å²) < 4.78 is 11.3. The zero-order valence-electron chi connectivity index (χ0n) is 86.2. The molecule has 12 saturated heterocycles. The van der Waals surface area contributed by atoms with Crippen molar-refractivity contribution in [3.63, 3.8) is 0 Å². The zero-order chi connectivity index (χ0) is 99.2. The monoisotopic (exact) mass is 1960 g/mol. The number of ether oxygens (including phenoxy) is 2. The Hall–Kier alpha value is -10.5. The lowest BCUT2D eigenvalue weighted by molar-refractivity contribution is -0.235. The number of phenols is 2. The molecule has 2 N–H and O–H groups in total. The van der Waals surface area contributed by atoms with Crippen LogP contribution < -0.4 is 9.47 Å². The molecule has 764 valence electrons. The van der Waals surface area contributed by atoms with Crippen molar-refractivity contribution in [2.75, 3.05) is 92.8 Å². The van der Waals surface area contributed by atoms with Gasteiger partial charge >= 0.3 is 0 Å². The number of likely N-dealkylation sites (tertiary alicyclic amines) is 12. The van der Waals surface area contributed by atoms with E-state index in [1.165, 1.54) is 162 Å². The summed E-state index contributed by atoms with van der Waals surface area (Å²) in [5.41, 5.74) is 14.9. The Labute approximate surface area is 865 Å². The summed E-state index contributed by atoms with van der Waals surface area (Å²) in [6.45, 7) is 27.2. The van der Waals surface area contributed by atoms with Gasteiger partial charge in [0, 0.05) is 219 Å². The van der Waals surface area contributed by atoms with E-state index >= 15 is 0 Å². The molecule has 4 spiro atoms. The van der Waals surface area contributed by atoms with Gasteiger partial charge in [0.05, 0.1) is 38.4 Å². The summed E-state index contributed by atoms with van der Waals surface area (Å²) in [6, 6.07) is 77.9. The fourth-order valence-corrected chi connectivity index (χ4v) is 36.4. The third-order valence-electron chi connectivity index (χ3n) is 41.2. The highest BCUT2D eigenvalue weighted by atomic mass is 16.5. The van der Waals surface area contributed by atoms with Crippen molar-refractivity contribution >= 4 is 23.6 Å². The average Bonchev–Trinajstić information content (AvgIpc) is 1.48. The minimum absolute atomic E-state index is 0.0998. The van der Waals surface area contributed by atoms with Crippen LogP contribution in [-0.2, 0) is 0 Å². The van der Waals surface area contributed by atoms with E-state index in [2.05, 4.69) is 216 Å². The van der Waals surface area contributed by atoms with Gasteiger partial charge < -0.3 is 39.3 Å². The Balaban J connectivity index is 0.000000102. The van der Waals surface area contributed by atoms with E-state index in [-0.39, 0.29) is 47.8 Å². The Kier molecular flexibility index (Phi) is 25.8. The van der Waals surface area contributed by atoms with Crippen LogP contribution in [0.25, 0.3) is 0 Å². The zero-order valence-corrected chi connectivity index (χ0v) is 86.2. The fraction of sp³-hybridized carbons (Fsp3) is 0.524. The number of methoxy groups -OCH3 is 2. The van der Waals surface area contributed by atoms with Crippen LogP contribution in [0.4, 0.5) is 0 Å². The first-order chi connectivity index (χ1) is 71.6. The topological polar surface area (TPSA) is 166 Å². The second-order valence-corrected chi connectivity index (χ2v) is 46.9. The molecule has 20 unspecified atom stereocenters. The van der Waals surface area contributed by atoms with E-state index in [0.29, 0.717) is 106 Å². The molecular formula is C126H152N12O8. The van der Waals surface area contributed by atoms with E-state index in [0.717, 1.165) is 199 Å². The van der Waals surface area contributed by atoms with Gasteiger partial charge in [-0.1, -0.05) is 134 Å². The second-order valence-electron chi connectivity index (χ2n) is 46.9. The number of carbonyl (C=O) groups is 4. The van der Waals surface area contributed by atoms with Crippen molar-refractivity contribution in [3.8, 4) is 23.0 Å². The largest absolute Gasteiger partial charge is 0.508 e. The summed E-state index contributed by atoms with van der Waals surface area (Å²) in [6.07, 6.45) is 42.5. The van der Waals surface area contributed by atoms with Gasteiger partial charge in [0.2, 0.25) is 0 Å². The highest BCUT2D eigenvalue weighted by molar-refractivity contribution is 5.96. The Bertz CT molecular complexity index is 6100. The molecule has 12 heterocycles. The number of piperidine rings is 2. The third kappa shape index (κ3) is 14.8. The lowest BCUT2D eigenvalue weighted by atomic mass is 9.56. The van der Waals surface area contributed by atoms with E-state index in [4.69, 9.17) is 9.47 Å². The standard InChI is InChI=1S/C33H41N3O2.C32H39N3O2.C31H37N3O2.C30H35N3O2/c1-3-19-35-27-15-17-29-33(27)28(35)16-18-30(33)36(29)31(25-9-8-10-26(22-25)38-2)23-11-13-24(14-12-23)32(37)34-20-6-4-5-7-21-34;1-3-18-34-26-14-16-28-32(26)27(34)15-17-29(32)35(28)30(24-8-7-9-25(21-24)37-2)22-10-12-23(13-11-22)31(36)33-19-5-4-6-20-33;1-2-17-33-25-13-15-27-31(25)26(33)14-16-28(31)34(27)29(23-7-6-8-24(35)20-23)21-9-11-22(12-10-21)30(36)32-18-4-3-5-19-32;1-2-16-32-24-12-14-26-30(24)25(32)13-15-27(30)33(26)28(22-6-5-7-23(34)19-22)20-8-10-21(11-9-20)29(35)31-17-3-4-18-31/h3,8-14,22,27-31H,1,4-7,15-21H2,2H3;3,7-13,21,26-30H,1,4-6,14-20H2,2H3;2,6-12,20,25-29,35H,1,3-5,13-19H2;2,5-11,19,24-28,34H,1,3-4,12-18H2. The minimum Gasteiger partial charge on any atom is -0.508 e. The molecular weight excluding hydrogens is 1810 g/mol. The van der Waals surface area contributed by atoms with Crippen molar-refractivity contribution < 1.29 is 38.9 Å². The SMILES string of the molecule is C=CCN1C2CCC3N(C(c4ccc(C(=O)N5CCCC5)cc4)c4cccc(O)c4)C4CCC1C234.C=CCN1C2CCC3N(C(c4ccc(C(=O)N5CCCCC5)cc4)c4cccc(O)c4)C4CCC1C234.C=CCN1C2CCC3N(C(c4ccc(C(=O)N5CCCCC5)cc4)c4cccc(OC)c4)C4CCC1C234.C=CCN1C2CCC3N(C(c4ccc(C(=O)N5CCCCCC5)cc4)c4cccc(OC)c4)C4CCC1C234. The number of carbonyl (C=O) groups excluding carboxylic acids is 4. The molecule has 8 aromatic carbocycles. The molecule has 8 aliphatic carbocycles. The summed E-state index contributed by atoms with van der Waals surface area (Å²) in [5.74, 6) is 3.13. The molecule has 20 atom stereocenters. The summed E-state index contributed by atoms with van der Waals surface area (Å²) >= 11 is 0. The molecule has 20 nitrogen and oxygen atoms in total. The number of benzene rings is 8. The van der Waals surface area contributed by atoms with Gasteiger partial charge in [-0.2, -0.15) is 0 Å². The summed E-state index contributed by atoms with van der Waals surface area (Å²) in [5, 5.41) is 20.7. The molecule has 146 heavy (non-hydrogen) atoms. The number of phenolic OH excluding ortho intramolecular Hbond substituents is 2. The van der Waals surface area contributed by atoms with Crippen LogP contribution in [0, 0.1) is 21.7 Å². The molecule has 0 bridgehead atoms. The molecule has 20 fully saturated rings. The molecule has 0 aromatic heterocycles. The number of rotatable bonds is 26. The lowest BCUT2D eigenvalue weighted by Crippen LogP contribution is -2.83. The molecule has 28 rings (SSSR count).